The van der Waals surface area contributed by atoms with Crippen molar-refractivity contribution in [3.8, 4) is 5.75 Å². The summed E-state index contributed by atoms with van der Waals surface area (Å²) in [5.74, 6) is 0.0799. The molecule has 0 aliphatic rings. The number of sulfonamides is 1. The van der Waals surface area contributed by atoms with E-state index in [2.05, 4.69) is 0 Å². The van der Waals surface area contributed by atoms with E-state index in [1.807, 2.05) is 34.6 Å². The first-order chi connectivity index (χ1) is 12.4. The number of hydrogen-bond acceptors (Lipinski definition) is 4. The summed E-state index contributed by atoms with van der Waals surface area (Å²) < 4.78 is 32.2. The van der Waals surface area contributed by atoms with Crippen LogP contribution in [0.3, 0.4) is 0 Å². The van der Waals surface area contributed by atoms with Gasteiger partial charge in [0.1, 0.15) is 5.75 Å². The van der Waals surface area contributed by atoms with Crippen LogP contribution < -0.4 is 9.04 Å². The number of anilines is 1. The maximum Gasteiger partial charge on any atom is 0.311 e. The van der Waals surface area contributed by atoms with Crippen LogP contribution in [0.15, 0.2) is 47.4 Å². The van der Waals surface area contributed by atoms with Gasteiger partial charge in [-0.1, -0.05) is 26.8 Å². The van der Waals surface area contributed by atoms with Gasteiger partial charge in [-0.25, -0.2) is 8.42 Å². The molecular formula is C21H27NO4S. The van der Waals surface area contributed by atoms with Gasteiger partial charge < -0.3 is 4.74 Å². The summed E-state index contributed by atoms with van der Waals surface area (Å²) in [5.41, 5.74) is 2.30. The van der Waals surface area contributed by atoms with Gasteiger partial charge >= 0.3 is 5.97 Å². The van der Waals surface area contributed by atoms with Crippen molar-refractivity contribution in [3.05, 3.63) is 53.6 Å². The summed E-state index contributed by atoms with van der Waals surface area (Å²) >= 11 is 0. The maximum atomic E-state index is 12.9. The number of aryl methyl sites for hydroxylation is 2. The van der Waals surface area contributed by atoms with E-state index in [1.54, 1.807) is 42.5 Å². The van der Waals surface area contributed by atoms with Crippen LogP contribution in [-0.4, -0.2) is 21.4 Å². The summed E-state index contributed by atoms with van der Waals surface area (Å²) in [4.78, 5) is 12.2. The smallest absolute Gasteiger partial charge is 0.311 e. The van der Waals surface area contributed by atoms with Crippen molar-refractivity contribution in [1.82, 2.24) is 0 Å². The van der Waals surface area contributed by atoms with Crippen LogP contribution in [0, 0.1) is 19.3 Å². The molecule has 5 nitrogen and oxygen atoms in total. The normalized spacial score (nSPS) is 11.9. The molecule has 0 saturated heterocycles. The highest BCUT2D eigenvalue weighted by molar-refractivity contribution is 7.92. The topological polar surface area (TPSA) is 63.7 Å². The van der Waals surface area contributed by atoms with Gasteiger partial charge in [0.25, 0.3) is 10.0 Å². The SMILES string of the molecule is Cc1ccc(S(=O)(=O)N(C)c2ccc(OC(=O)CC(C)(C)C)cc2)cc1C. The largest absolute Gasteiger partial charge is 0.427 e. The molecule has 0 aliphatic carbocycles. The summed E-state index contributed by atoms with van der Waals surface area (Å²) in [5, 5.41) is 0. The van der Waals surface area contributed by atoms with Gasteiger partial charge in [0.2, 0.25) is 0 Å². The van der Waals surface area contributed by atoms with Crippen LogP contribution in [0.5, 0.6) is 5.75 Å². The van der Waals surface area contributed by atoms with Gasteiger partial charge in [0.15, 0.2) is 0 Å². The van der Waals surface area contributed by atoms with Gasteiger partial charge in [-0.05, 0) is 66.8 Å². The van der Waals surface area contributed by atoms with E-state index in [0.29, 0.717) is 17.9 Å². The average molecular weight is 390 g/mol. The van der Waals surface area contributed by atoms with Crippen molar-refractivity contribution in [2.45, 2.75) is 45.9 Å². The van der Waals surface area contributed by atoms with Crippen molar-refractivity contribution in [1.29, 1.82) is 0 Å². The van der Waals surface area contributed by atoms with E-state index in [0.717, 1.165) is 11.1 Å². The molecule has 0 atom stereocenters. The number of benzene rings is 2. The van der Waals surface area contributed by atoms with Crippen LogP contribution >= 0.6 is 0 Å². The minimum atomic E-state index is -3.67. The maximum absolute atomic E-state index is 12.9. The molecule has 2 rings (SSSR count). The standard InChI is InChI=1S/C21H27NO4S/c1-15-7-12-19(13-16(15)2)27(24,25)22(6)17-8-10-18(11-9-17)26-20(23)14-21(3,4)5/h7-13H,14H2,1-6H3. The molecule has 0 bridgehead atoms. The highest BCUT2D eigenvalue weighted by Crippen LogP contribution is 2.26. The fourth-order valence-corrected chi connectivity index (χ4v) is 3.78. The Bertz CT molecular complexity index is 926. The molecule has 2 aromatic carbocycles. The van der Waals surface area contributed by atoms with Gasteiger partial charge in [0.05, 0.1) is 17.0 Å². The zero-order valence-electron chi connectivity index (χ0n) is 16.7. The molecule has 0 saturated carbocycles. The molecule has 2 aromatic rings. The highest BCUT2D eigenvalue weighted by Gasteiger charge is 2.22. The van der Waals surface area contributed by atoms with Crippen LogP contribution in [-0.2, 0) is 14.8 Å². The Morgan fingerprint density at radius 2 is 1.59 bits per heavy atom. The number of carbonyl (C=O) groups is 1. The molecule has 0 spiro atoms. The summed E-state index contributed by atoms with van der Waals surface area (Å²) in [7, 11) is -2.16. The van der Waals surface area contributed by atoms with E-state index in [-0.39, 0.29) is 16.3 Å². The lowest BCUT2D eigenvalue weighted by molar-refractivity contribution is -0.136. The molecule has 6 heteroatoms. The van der Waals surface area contributed by atoms with Crippen molar-refractivity contribution in [2.24, 2.45) is 5.41 Å². The second-order valence-corrected chi connectivity index (χ2v) is 9.89. The number of esters is 1. The number of hydrogen-bond donors (Lipinski definition) is 0. The quantitative estimate of drug-likeness (QED) is 0.559. The first kappa shape index (κ1) is 21.0. The van der Waals surface area contributed by atoms with Crippen LogP contribution in [0.2, 0.25) is 0 Å². The highest BCUT2D eigenvalue weighted by atomic mass is 32.2. The molecule has 146 valence electrons. The monoisotopic (exact) mass is 389 g/mol. The molecule has 0 fully saturated rings. The third kappa shape index (κ3) is 5.32. The Kier molecular flexibility index (Phi) is 6.00. The van der Waals surface area contributed by atoms with Crippen molar-refractivity contribution < 1.29 is 17.9 Å². The molecule has 0 aliphatic heterocycles. The van der Waals surface area contributed by atoms with E-state index >= 15 is 0 Å². The first-order valence-electron chi connectivity index (χ1n) is 8.77. The average Bonchev–Trinajstić information content (AvgIpc) is 2.55. The molecule has 0 unspecified atom stereocenters. The number of ether oxygens (including phenoxy) is 1. The minimum Gasteiger partial charge on any atom is -0.427 e. The summed E-state index contributed by atoms with van der Waals surface area (Å²) in [6.45, 7) is 9.71. The molecule has 0 N–H and O–H groups in total. The fraction of sp³-hybridized carbons (Fsp3) is 0.381. The summed E-state index contributed by atoms with van der Waals surface area (Å²) in [6, 6.07) is 11.5. The number of carbonyl (C=O) groups excluding carboxylic acids is 1. The van der Waals surface area contributed by atoms with Crippen molar-refractivity contribution in [3.63, 3.8) is 0 Å². The molecule has 27 heavy (non-hydrogen) atoms. The Labute approximate surface area is 162 Å². The first-order valence-corrected chi connectivity index (χ1v) is 10.2. The second kappa shape index (κ2) is 7.72. The van der Waals surface area contributed by atoms with Crippen LogP contribution in [0.4, 0.5) is 5.69 Å². The van der Waals surface area contributed by atoms with Crippen molar-refractivity contribution >= 4 is 21.7 Å². The van der Waals surface area contributed by atoms with E-state index in [1.165, 1.54) is 11.4 Å². The zero-order valence-corrected chi connectivity index (χ0v) is 17.6. The minimum absolute atomic E-state index is 0.155. The third-order valence-electron chi connectivity index (χ3n) is 4.24. The van der Waals surface area contributed by atoms with E-state index in [4.69, 9.17) is 4.74 Å². The van der Waals surface area contributed by atoms with Gasteiger partial charge in [-0.15, -0.1) is 0 Å². The Morgan fingerprint density at radius 3 is 2.11 bits per heavy atom. The molecule has 0 amide bonds. The predicted molar refractivity (Wildman–Crippen MR) is 108 cm³/mol. The lowest BCUT2D eigenvalue weighted by atomic mass is 9.92. The molecule has 0 heterocycles. The predicted octanol–water partition coefficient (Wildman–Crippen LogP) is 4.47. The van der Waals surface area contributed by atoms with E-state index < -0.39 is 10.0 Å². The van der Waals surface area contributed by atoms with Gasteiger partial charge in [-0.3, -0.25) is 9.10 Å². The Balaban J connectivity index is 2.18. The van der Waals surface area contributed by atoms with Gasteiger partial charge in [-0.2, -0.15) is 0 Å². The number of nitrogens with zero attached hydrogens (tertiary/aromatic N) is 1. The third-order valence-corrected chi connectivity index (χ3v) is 6.02. The second-order valence-electron chi connectivity index (χ2n) is 7.92. The lowest BCUT2D eigenvalue weighted by Crippen LogP contribution is -2.26. The van der Waals surface area contributed by atoms with E-state index in [9.17, 15) is 13.2 Å². The zero-order chi connectivity index (χ0) is 20.4. The molecular weight excluding hydrogens is 362 g/mol. The molecule has 0 aromatic heterocycles. The summed E-state index contributed by atoms with van der Waals surface area (Å²) in [6.07, 6.45) is 0.301. The Morgan fingerprint density at radius 1 is 1.00 bits per heavy atom. The van der Waals surface area contributed by atoms with Crippen molar-refractivity contribution in [2.75, 3.05) is 11.4 Å². The Hall–Kier alpha value is -2.34. The number of rotatable bonds is 5. The fourth-order valence-electron chi connectivity index (χ4n) is 2.50. The van der Waals surface area contributed by atoms with Gasteiger partial charge in [0, 0.05) is 7.05 Å². The lowest BCUT2D eigenvalue weighted by Gasteiger charge is -2.20. The van der Waals surface area contributed by atoms with Crippen LogP contribution in [0.25, 0.3) is 0 Å². The van der Waals surface area contributed by atoms with Crippen LogP contribution in [0.1, 0.15) is 38.3 Å². The molecule has 0 radical (unpaired) electrons.